The van der Waals surface area contributed by atoms with Crippen molar-refractivity contribution in [3.05, 3.63) is 62.2 Å². The molecule has 9 heteroatoms. The molecule has 0 N–H and O–H groups in total. The molecule has 1 aliphatic rings. The van der Waals surface area contributed by atoms with Gasteiger partial charge in [0.2, 0.25) is 0 Å². The van der Waals surface area contributed by atoms with Crippen LogP contribution in [0.5, 0.6) is 0 Å². The van der Waals surface area contributed by atoms with Crippen LogP contribution in [0.4, 0.5) is 4.39 Å². The third-order valence-electron chi connectivity index (χ3n) is 4.75. The van der Waals surface area contributed by atoms with Crippen molar-refractivity contribution in [2.45, 2.75) is 19.9 Å². The Morgan fingerprint density at radius 2 is 2.21 bits per heavy atom. The van der Waals surface area contributed by atoms with Gasteiger partial charge in [0.05, 0.1) is 10.6 Å². The summed E-state index contributed by atoms with van der Waals surface area (Å²) >= 11 is 7.75. The zero-order valence-corrected chi connectivity index (χ0v) is 17.0. The molecule has 3 aromatic rings. The zero-order chi connectivity index (χ0) is 20.5. The summed E-state index contributed by atoms with van der Waals surface area (Å²) in [6.45, 7) is 2.16. The van der Waals surface area contributed by atoms with E-state index in [1.807, 2.05) is 11.4 Å². The van der Waals surface area contributed by atoms with E-state index in [1.165, 1.54) is 30.0 Å². The lowest BCUT2D eigenvalue weighted by Gasteiger charge is -2.26. The molecule has 6 nitrogen and oxygen atoms in total. The Morgan fingerprint density at radius 1 is 1.38 bits per heavy atom. The molecule has 150 valence electrons. The first-order valence-electron chi connectivity index (χ1n) is 8.86. The number of benzene rings is 1. The van der Waals surface area contributed by atoms with Gasteiger partial charge in [-0.3, -0.25) is 4.79 Å². The van der Waals surface area contributed by atoms with Gasteiger partial charge in [-0.25, -0.2) is 9.18 Å². The molecule has 0 unspecified atom stereocenters. The number of fused-ring (bicyclic) bond motifs is 1. The Balaban J connectivity index is 1.49. The number of carbonyl (C=O) groups excluding carboxylic acids is 2. The van der Waals surface area contributed by atoms with Crippen molar-refractivity contribution < 1.29 is 23.2 Å². The number of amides is 1. The molecule has 1 amide bonds. The highest BCUT2D eigenvalue weighted by molar-refractivity contribution is 7.10. The van der Waals surface area contributed by atoms with E-state index < -0.39 is 18.4 Å². The molecule has 0 bridgehead atoms. The van der Waals surface area contributed by atoms with Gasteiger partial charge in [0.15, 0.2) is 6.61 Å². The number of thiophene rings is 1. The van der Waals surface area contributed by atoms with Crippen molar-refractivity contribution in [3.63, 3.8) is 0 Å². The molecule has 0 fully saturated rings. The Labute approximate surface area is 174 Å². The molecule has 0 radical (unpaired) electrons. The molecule has 1 aromatic carbocycles. The molecule has 0 aliphatic carbocycles. The van der Waals surface area contributed by atoms with Crippen LogP contribution in [0, 0.1) is 12.7 Å². The van der Waals surface area contributed by atoms with Crippen LogP contribution >= 0.6 is 22.9 Å². The van der Waals surface area contributed by atoms with Crippen LogP contribution in [-0.4, -0.2) is 35.1 Å². The SMILES string of the molecule is Cc1onc(-c2c(F)cccc2Cl)c1C(=O)OCC(=O)N1CCc2sccc2C1. The van der Waals surface area contributed by atoms with Crippen molar-refractivity contribution in [1.82, 2.24) is 10.1 Å². The summed E-state index contributed by atoms with van der Waals surface area (Å²) in [6.07, 6.45) is 0.785. The lowest BCUT2D eigenvalue weighted by molar-refractivity contribution is -0.135. The molecular weight excluding hydrogens is 419 g/mol. The number of carbonyl (C=O) groups is 2. The number of ether oxygens (including phenoxy) is 1. The summed E-state index contributed by atoms with van der Waals surface area (Å²) in [6, 6.07) is 6.13. The Morgan fingerprint density at radius 3 is 3.00 bits per heavy atom. The van der Waals surface area contributed by atoms with Gasteiger partial charge in [0, 0.05) is 18.0 Å². The number of rotatable bonds is 4. The average molecular weight is 435 g/mol. The van der Waals surface area contributed by atoms with E-state index in [0.717, 1.165) is 12.0 Å². The van der Waals surface area contributed by atoms with Gasteiger partial charge in [0.1, 0.15) is 22.8 Å². The summed E-state index contributed by atoms with van der Waals surface area (Å²) in [7, 11) is 0. The lowest BCUT2D eigenvalue weighted by atomic mass is 10.1. The van der Waals surface area contributed by atoms with Gasteiger partial charge in [-0.15, -0.1) is 11.3 Å². The predicted molar refractivity (Wildman–Crippen MR) is 105 cm³/mol. The second-order valence-electron chi connectivity index (χ2n) is 6.57. The maximum Gasteiger partial charge on any atom is 0.344 e. The smallest absolute Gasteiger partial charge is 0.344 e. The second-order valence-corrected chi connectivity index (χ2v) is 7.98. The van der Waals surface area contributed by atoms with E-state index >= 15 is 0 Å². The Kier molecular flexibility index (Phi) is 5.38. The number of aromatic nitrogens is 1. The fraction of sp³-hybridized carbons (Fsp3) is 0.250. The lowest BCUT2D eigenvalue weighted by Crippen LogP contribution is -2.38. The van der Waals surface area contributed by atoms with Gasteiger partial charge >= 0.3 is 5.97 Å². The Bertz CT molecular complexity index is 1070. The van der Waals surface area contributed by atoms with Crippen LogP contribution in [-0.2, 0) is 22.5 Å². The molecule has 3 heterocycles. The van der Waals surface area contributed by atoms with Gasteiger partial charge in [0.25, 0.3) is 5.91 Å². The summed E-state index contributed by atoms with van der Waals surface area (Å²) in [5, 5.41) is 5.86. The Hall–Kier alpha value is -2.71. The van der Waals surface area contributed by atoms with Crippen LogP contribution in [0.15, 0.2) is 34.2 Å². The number of hydrogen-bond donors (Lipinski definition) is 0. The van der Waals surface area contributed by atoms with E-state index in [9.17, 15) is 14.0 Å². The first kappa shape index (κ1) is 19.6. The van der Waals surface area contributed by atoms with Crippen molar-refractivity contribution in [2.75, 3.05) is 13.2 Å². The molecule has 0 saturated heterocycles. The molecule has 0 saturated carbocycles. The number of nitrogens with zero attached hydrogens (tertiary/aromatic N) is 2. The van der Waals surface area contributed by atoms with Gasteiger partial charge in [-0.2, -0.15) is 0 Å². The van der Waals surface area contributed by atoms with Gasteiger partial charge < -0.3 is 14.2 Å². The molecule has 4 rings (SSSR count). The topological polar surface area (TPSA) is 72.6 Å². The van der Waals surface area contributed by atoms with E-state index in [-0.39, 0.29) is 33.5 Å². The molecule has 1 aliphatic heterocycles. The fourth-order valence-corrected chi connectivity index (χ4v) is 4.40. The number of hydrogen-bond acceptors (Lipinski definition) is 6. The first-order chi connectivity index (χ1) is 14.0. The van der Waals surface area contributed by atoms with Crippen molar-refractivity contribution in [2.24, 2.45) is 0 Å². The quantitative estimate of drug-likeness (QED) is 0.574. The highest BCUT2D eigenvalue weighted by atomic mass is 35.5. The summed E-state index contributed by atoms with van der Waals surface area (Å²) in [5.74, 6) is -1.61. The standard InChI is InChI=1S/C20H16ClFN2O4S/c1-11-17(19(23-28-11)18-13(21)3-2-4-14(18)22)20(26)27-10-16(25)24-7-5-15-12(9-24)6-8-29-15/h2-4,6,8H,5,7,9-10H2,1H3. The highest BCUT2D eigenvalue weighted by Crippen LogP contribution is 2.33. The minimum absolute atomic E-state index is 0.0506. The summed E-state index contributed by atoms with van der Waals surface area (Å²) in [5.41, 5.74) is 0.963. The van der Waals surface area contributed by atoms with Gasteiger partial charge in [-0.1, -0.05) is 22.8 Å². The minimum atomic E-state index is -0.820. The maximum atomic E-state index is 14.3. The summed E-state index contributed by atoms with van der Waals surface area (Å²) in [4.78, 5) is 28.0. The molecule has 29 heavy (non-hydrogen) atoms. The van der Waals surface area contributed by atoms with Crippen molar-refractivity contribution in [1.29, 1.82) is 0 Å². The fourth-order valence-electron chi connectivity index (χ4n) is 3.26. The predicted octanol–water partition coefficient (Wildman–Crippen LogP) is 4.25. The van der Waals surface area contributed by atoms with E-state index in [0.29, 0.717) is 13.1 Å². The maximum absolute atomic E-state index is 14.3. The van der Waals surface area contributed by atoms with Crippen molar-refractivity contribution in [3.8, 4) is 11.3 Å². The average Bonchev–Trinajstić information content (AvgIpc) is 3.31. The largest absolute Gasteiger partial charge is 0.452 e. The van der Waals surface area contributed by atoms with Crippen LogP contribution in [0.1, 0.15) is 26.6 Å². The molecule has 0 spiro atoms. The third kappa shape index (κ3) is 3.77. The zero-order valence-electron chi connectivity index (χ0n) is 15.4. The first-order valence-corrected chi connectivity index (χ1v) is 10.1. The molecular formula is C20H16ClFN2O4S. The van der Waals surface area contributed by atoms with Crippen molar-refractivity contribution >= 4 is 34.8 Å². The number of esters is 1. The van der Waals surface area contributed by atoms with Crippen LogP contribution < -0.4 is 0 Å². The van der Waals surface area contributed by atoms with Gasteiger partial charge in [-0.05, 0) is 42.5 Å². The minimum Gasteiger partial charge on any atom is -0.452 e. The van der Waals surface area contributed by atoms with E-state index in [1.54, 1.807) is 16.2 Å². The number of aryl methyl sites for hydroxylation is 1. The van der Waals surface area contributed by atoms with E-state index in [4.69, 9.17) is 20.9 Å². The number of halogens is 2. The monoisotopic (exact) mass is 434 g/mol. The normalized spacial score (nSPS) is 13.3. The van der Waals surface area contributed by atoms with Crippen LogP contribution in [0.25, 0.3) is 11.3 Å². The highest BCUT2D eigenvalue weighted by Gasteiger charge is 2.28. The van der Waals surface area contributed by atoms with Crippen LogP contribution in [0.3, 0.4) is 0 Å². The molecule has 2 aromatic heterocycles. The van der Waals surface area contributed by atoms with Crippen LogP contribution in [0.2, 0.25) is 5.02 Å². The van der Waals surface area contributed by atoms with E-state index in [2.05, 4.69) is 5.16 Å². The second kappa shape index (κ2) is 7.96. The summed E-state index contributed by atoms with van der Waals surface area (Å²) < 4.78 is 24.5. The third-order valence-corrected chi connectivity index (χ3v) is 6.09. The molecule has 0 atom stereocenters.